The first kappa shape index (κ1) is 16.7. The Morgan fingerprint density at radius 1 is 1.36 bits per heavy atom. The number of hydrogen-bond donors (Lipinski definition) is 2. The molecule has 1 heterocycles. The topological polar surface area (TPSA) is 84.5 Å². The van der Waals surface area contributed by atoms with Crippen LogP contribution >= 0.6 is 12.2 Å². The SMILES string of the molecule is CCOC(=O)c1ccc(NC(=S)N[C@H]2CCS(=O)(=O)C2)cc1. The van der Waals surface area contributed by atoms with Gasteiger partial charge >= 0.3 is 5.97 Å². The third-order valence-electron chi connectivity index (χ3n) is 3.22. The molecule has 0 aliphatic carbocycles. The lowest BCUT2D eigenvalue weighted by atomic mass is 10.2. The summed E-state index contributed by atoms with van der Waals surface area (Å²) >= 11 is 5.16. The molecule has 0 unspecified atom stereocenters. The molecule has 1 saturated heterocycles. The highest BCUT2D eigenvalue weighted by Crippen LogP contribution is 2.13. The van der Waals surface area contributed by atoms with Crippen LogP contribution in [0.15, 0.2) is 24.3 Å². The minimum absolute atomic E-state index is 0.108. The second kappa shape index (κ2) is 7.06. The van der Waals surface area contributed by atoms with Gasteiger partial charge in [0.15, 0.2) is 14.9 Å². The number of sulfone groups is 1. The van der Waals surface area contributed by atoms with Gasteiger partial charge in [-0.1, -0.05) is 0 Å². The summed E-state index contributed by atoms with van der Waals surface area (Å²) in [6.07, 6.45) is 0.561. The molecule has 22 heavy (non-hydrogen) atoms. The van der Waals surface area contributed by atoms with E-state index < -0.39 is 9.84 Å². The summed E-state index contributed by atoms with van der Waals surface area (Å²) in [6.45, 7) is 2.08. The number of esters is 1. The van der Waals surface area contributed by atoms with Gasteiger partial charge in [0.2, 0.25) is 0 Å². The molecule has 1 fully saturated rings. The molecule has 1 atom stereocenters. The molecule has 2 rings (SSSR count). The van der Waals surface area contributed by atoms with E-state index in [0.717, 1.165) is 0 Å². The number of thiocarbonyl (C=S) groups is 1. The van der Waals surface area contributed by atoms with Crippen LogP contribution in [0.1, 0.15) is 23.7 Å². The molecule has 0 amide bonds. The molecule has 0 aromatic heterocycles. The molecule has 1 aliphatic rings. The maximum Gasteiger partial charge on any atom is 0.338 e. The molecular weight excluding hydrogens is 324 g/mol. The molecule has 0 radical (unpaired) electrons. The van der Waals surface area contributed by atoms with Crippen molar-refractivity contribution in [3.05, 3.63) is 29.8 Å². The van der Waals surface area contributed by atoms with Gasteiger partial charge in [0.05, 0.1) is 23.7 Å². The third kappa shape index (κ3) is 4.67. The Balaban J connectivity index is 1.88. The van der Waals surface area contributed by atoms with E-state index in [9.17, 15) is 13.2 Å². The highest BCUT2D eigenvalue weighted by atomic mass is 32.2. The number of nitrogens with one attached hydrogen (secondary N) is 2. The largest absolute Gasteiger partial charge is 0.462 e. The Labute approximate surface area is 135 Å². The Bertz CT molecular complexity index is 656. The minimum atomic E-state index is -2.94. The van der Waals surface area contributed by atoms with Crippen LogP contribution in [-0.4, -0.2) is 43.7 Å². The zero-order chi connectivity index (χ0) is 16.2. The fourth-order valence-electron chi connectivity index (χ4n) is 2.17. The van der Waals surface area contributed by atoms with Crippen LogP contribution in [0.25, 0.3) is 0 Å². The summed E-state index contributed by atoms with van der Waals surface area (Å²) in [5, 5.41) is 6.32. The van der Waals surface area contributed by atoms with Crippen molar-refractivity contribution in [1.29, 1.82) is 0 Å². The molecule has 1 aromatic rings. The predicted octanol–water partition coefficient (Wildman–Crippen LogP) is 1.34. The lowest BCUT2D eigenvalue weighted by Gasteiger charge is -2.15. The molecule has 1 aliphatic heterocycles. The minimum Gasteiger partial charge on any atom is -0.462 e. The maximum atomic E-state index is 11.5. The number of benzene rings is 1. The van der Waals surface area contributed by atoms with Gasteiger partial charge in [-0.25, -0.2) is 13.2 Å². The molecule has 2 N–H and O–H groups in total. The normalized spacial score (nSPS) is 19.4. The van der Waals surface area contributed by atoms with Crippen LogP contribution < -0.4 is 10.6 Å². The molecular formula is C14H18N2O4S2. The fourth-order valence-corrected chi connectivity index (χ4v) is 4.12. The van der Waals surface area contributed by atoms with E-state index in [1.54, 1.807) is 31.2 Å². The number of anilines is 1. The monoisotopic (exact) mass is 342 g/mol. The number of carbonyl (C=O) groups excluding carboxylic acids is 1. The third-order valence-corrected chi connectivity index (χ3v) is 5.21. The number of rotatable bonds is 4. The van der Waals surface area contributed by atoms with Crippen molar-refractivity contribution >= 4 is 38.8 Å². The molecule has 6 nitrogen and oxygen atoms in total. The van der Waals surface area contributed by atoms with Crippen molar-refractivity contribution in [3.8, 4) is 0 Å². The first-order chi connectivity index (χ1) is 10.4. The first-order valence-corrected chi connectivity index (χ1v) is 9.17. The predicted molar refractivity (Wildman–Crippen MR) is 88.8 cm³/mol. The van der Waals surface area contributed by atoms with Crippen LogP contribution in [0.2, 0.25) is 0 Å². The quantitative estimate of drug-likeness (QED) is 0.631. The zero-order valence-electron chi connectivity index (χ0n) is 12.2. The molecule has 0 spiro atoms. The van der Waals surface area contributed by atoms with E-state index in [4.69, 9.17) is 17.0 Å². The van der Waals surface area contributed by atoms with E-state index in [1.165, 1.54) is 0 Å². The van der Waals surface area contributed by atoms with Crippen molar-refractivity contribution < 1.29 is 17.9 Å². The molecule has 0 saturated carbocycles. The van der Waals surface area contributed by atoms with Crippen LogP contribution in [0.3, 0.4) is 0 Å². The van der Waals surface area contributed by atoms with Gasteiger partial charge in [-0.3, -0.25) is 0 Å². The summed E-state index contributed by atoms with van der Waals surface area (Å²) in [5.41, 5.74) is 1.18. The Hall–Kier alpha value is -1.67. The van der Waals surface area contributed by atoms with Crippen molar-refractivity contribution in [3.63, 3.8) is 0 Å². The van der Waals surface area contributed by atoms with E-state index in [2.05, 4.69) is 10.6 Å². The molecule has 8 heteroatoms. The van der Waals surface area contributed by atoms with Crippen LogP contribution in [-0.2, 0) is 14.6 Å². The second-order valence-electron chi connectivity index (χ2n) is 5.00. The Morgan fingerprint density at radius 2 is 2.05 bits per heavy atom. The summed E-state index contributed by atoms with van der Waals surface area (Å²) < 4.78 is 27.7. The van der Waals surface area contributed by atoms with Crippen LogP contribution in [0.4, 0.5) is 5.69 Å². The molecule has 120 valence electrons. The van der Waals surface area contributed by atoms with Crippen molar-refractivity contribution in [1.82, 2.24) is 5.32 Å². The average molecular weight is 342 g/mol. The summed E-state index contributed by atoms with van der Waals surface area (Å²) in [5.74, 6) is -0.0658. The van der Waals surface area contributed by atoms with E-state index >= 15 is 0 Å². The van der Waals surface area contributed by atoms with Gasteiger partial charge in [0.25, 0.3) is 0 Å². The van der Waals surface area contributed by atoms with Crippen molar-refractivity contribution in [2.75, 3.05) is 23.4 Å². The fraction of sp³-hybridized carbons (Fsp3) is 0.429. The van der Waals surface area contributed by atoms with Gasteiger partial charge < -0.3 is 15.4 Å². The van der Waals surface area contributed by atoms with Gasteiger partial charge in [-0.2, -0.15) is 0 Å². The van der Waals surface area contributed by atoms with Crippen LogP contribution in [0, 0.1) is 0 Å². The highest BCUT2D eigenvalue weighted by Gasteiger charge is 2.28. The van der Waals surface area contributed by atoms with Gasteiger partial charge in [-0.05, 0) is 49.8 Å². The molecule has 1 aromatic carbocycles. The van der Waals surface area contributed by atoms with Gasteiger partial charge in [0, 0.05) is 11.7 Å². The first-order valence-electron chi connectivity index (χ1n) is 6.95. The van der Waals surface area contributed by atoms with Crippen molar-refractivity contribution in [2.45, 2.75) is 19.4 Å². The zero-order valence-corrected chi connectivity index (χ0v) is 13.8. The lowest BCUT2D eigenvalue weighted by Crippen LogP contribution is -2.38. The standard InChI is InChI=1S/C14H18N2O4S2/c1-2-20-13(17)10-3-5-11(6-4-10)15-14(21)16-12-7-8-22(18,19)9-12/h3-6,12H,2,7-9H2,1H3,(H2,15,16,21)/t12-/m0/s1. The number of carbonyl (C=O) groups is 1. The summed E-state index contributed by atoms with van der Waals surface area (Å²) in [4.78, 5) is 11.5. The lowest BCUT2D eigenvalue weighted by molar-refractivity contribution is 0.0526. The summed E-state index contributed by atoms with van der Waals surface area (Å²) in [6, 6.07) is 6.56. The van der Waals surface area contributed by atoms with E-state index in [1.807, 2.05) is 0 Å². The highest BCUT2D eigenvalue weighted by molar-refractivity contribution is 7.91. The Kier molecular flexibility index (Phi) is 5.36. The number of hydrogen-bond acceptors (Lipinski definition) is 5. The summed E-state index contributed by atoms with van der Waals surface area (Å²) in [7, 11) is -2.94. The van der Waals surface area contributed by atoms with Crippen molar-refractivity contribution in [2.24, 2.45) is 0 Å². The maximum absolute atomic E-state index is 11.5. The molecule has 0 bridgehead atoms. The van der Waals surface area contributed by atoms with Crippen LogP contribution in [0.5, 0.6) is 0 Å². The number of ether oxygens (including phenoxy) is 1. The van der Waals surface area contributed by atoms with Gasteiger partial charge in [-0.15, -0.1) is 0 Å². The van der Waals surface area contributed by atoms with E-state index in [0.29, 0.717) is 29.4 Å². The average Bonchev–Trinajstić information content (AvgIpc) is 2.78. The smallest absolute Gasteiger partial charge is 0.338 e. The second-order valence-corrected chi connectivity index (χ2v) is 7.63. The Morgan fingerprint density at radius 3 is 2.59 bits per heavy atom. The van der Waals surface area contributed by atoms with Gasteiger partial charge in [0.1, 0.15) is 0 Å². The van der Waals surface area contributed by atoms with E-state index in [-0.39, 0.29) is 23.5 Å².